The average molecular weight is 251 g/mol. The molecule has 1 aliphatic rings. The molecule has 1 fully saturated rings. The Hall–Kier alpha value is -1.42. The Morgan fingerprint density at radius 1 is 1.33 bits per heavy atom. The lowest BCUT2D eigenvalue weighted by Gasteiger charge is -2.29. The van der Waals surface area contributed by atoms with E-state index < -0.39 is 5.41 Å². The van der Waals surface area contributed by atoms with E-state index in [2.05, 4.69) is 0 Å². The molecule has 1 aromatic rings. The van der Waals surface area contributed by atoms with Crippen LogP contribution >= 0.6 is 0 Å². The smallest absolute Gasteiger partial charge is 0.252 e. The van der Waals surface area contributed by atoms with Gasteiger partial charge < -0.3 is 0 Å². The van der Waals surface area contributed by atoms with Gasteiger partial charge in [0.05, 0.1) is 12.6 Å². The molecule has 0 N–H and O–H groups in total. The maximum atomic E-state index is 12.9. The maximum absolute atomic E-state index is 12.9. The molecule has 1 heterocycles. The largest absolute Gasteiger partial charge is 0.272 e. The minimum Gasteiger partial charge on any atom is -0.272 e. The Morgan fingerprint density at radius 2 is 1.94 bits per heavy atom. The molecule has 3 nitrogen and oxygen atoms in total. The molecule has 1 aromatic carbocycles. The lowest BCUT2D eigenvalue weighted by Crippen LogP contribution is -2.38. The molecule has 0 bridgehead atoms. The molecule has 1 amide bonds. The second-order valence-corrected chi connectivity index (χ2v) is 5.57. The molecule has 18 heavy (non-hydrogen) atoms. The lowest BCUT2D eigenvalue weighted by molar-refractivity contribution is -0.186. The van der Waals surface area contributed by atoms with Gasteiger partial charge in [0, 0.05) is 11.8 Å². The highest BCUT2D eigenvalue weighted by molar-refractivity contribution is 5.81. The van der Waals surface area contributed by atoms with Crippen molar-refractivity contribution in [2.24, 2.45) is 5.41 Å². The molecule has 2 rings (SSSR count). The average Bonchev–Trinajstić information content (AvgIpc) is 2.76. The summed E-state index contributed by atoms with van der Waals surface area (Å²) in [6, 6.07) is 6.12. The summed E-state index contributed by atoms with van der Waals surface area (Å²) in [5, 5.41) is 1.44. The SMILES string of the molecule is CC(C)(C)C(=O)N1OCC[C@H]1c1ccc(F)cc1. The lowest BCUT2D eigenvalue weighted by atomic mass is 9.94. The number of hydrogen-bond donors (Lipinski definition) is 0. The van der Waals surface area contributed by atoms with Gasteiger partial charge >= 0.3 is 0 Å². The van der Waals surface area contributed by atoms with Crippen LogP contribution in [0.2, 0.25) is 0 Å². The van der Waals surface area contributed by atoms with Crippen LogP contribution in [0.4, 0.5) is 4.39 Å². The molecule has 1 atom stereocenters. The Labute approximate surface area is 106 Å². The van der Waals surface area contributed by atoms with Crippen LogP contribution in [0.5, 0.6) is 0 Å². The summed E-state index contributed by atoms with van der Waals surface area (Å²) in [7, 11) is 0. The molecule has 0 aromatic heterocycles. The van der Waals surface area contributed by atoms with E-state index in [4.69, 9.17) is 4.84 Å². The van der Waals surface area contributed by atoms with Crippen LogP contribution in [0.15, 0.2) is 24.3 Å². The van der Waals surface area contributed by atoms with Gasteiger partial charge in [-0.2, -0.15) is 0 Å². The van der Waals surface area contributed by atoms with E-state index in [9.17, 15) is 9.18 Å². The number of amides is 1. The minimum atomic E-state index is -0.484. The fourth-order valence-corrected chi connectivity index (χ4v) is 1.99. The van der Waals surface area contributed by atoms with Crippen molar-refractivity contribution in [2.45, 2.75) is 33.2 Å². The van der Waals surface area contributed by atoms with Crippen LogP contribution in [0.3, 0.4) is 0 Å². The first-order chi connectivity index (χ1) is 8.39. The predicted octanol–water partition coefficient (Wildman–Crippen LogP) is 3.08. The molecular formula is C14H18FNO2. The maximum Gasteiger partial charge on any atom is 0.252 e. The van der Waals surface area contributed by atoms with E-state index in [1.807, 2.05) is 20.8 Å². The first kappa shape index (κ1) is 13.0. The second kappa shape index (κ2) is 4.69. The molecular weight excluding hydrogens is 233 g/mol. The second-order valence-electron chi connectivity index (χ2n) is 5.57. The van der Waals surface area contributed by atoms with Crippen molar-refractivity contribution in [1.82, 2.24) is 5.06 Å². The number of nitrogens with zero attached hydrogens (tertiary/aromatic N) is 1. The quantitative estimate of drug-likeness (QED) is 0.767. The van der Waals surface area contributed by atoms with Crippen LogP contribution in [-0.4, -0.2) is 17.6 Å². The number of rotatable bonds is 1. The Balaban J connectivity index is 2.22. The zero-order valence-electron chi connectivity index (χ0n) is 10.9. The zero-order chi connectivity index (χ0) is 13.3. The van der Waals surface area contributed by atoms with Gasteiger partial charge in [-0.15, -0.1) is 0 Å². The molecule has 0 spiro atoms. The third-order valence-electron chi connectivity index (χ3n) is 3.00. The van der Waals surface area contributed by atoms with E-state index in [1.165, 1.54) is 17.2 Å². The van der Waals surface area contributed by atoms with Crippen molar-refractivity contribution in [3.63, 3.8) is 0 Å². The van der Waals surface area contributed by atoms with Gasteiger partial charge in [-0.25, -0.2) is 9.45 Å². The first-order valence-corrected chi connectivity index (χ1v) is 6.11. The van der Waals surface area contributed by atoms with Crippen molar-refractivity contribution in [1.29, 1.82) is 0 Å². The van der Waals surface area contributed by atoms with E-state index in [1.54, 1.807) is 12.1 Å². The van der Waals surface area contributed by atoms with Gasteiger partial charge in [0.1, 0.15) is 5.82 Å². The monoisotopic (exact) mass is 251 g/mol. The van der Waals surface area contributed by atoms with Crippen molar-refractivity contribution < 1.29 is 14.0 Å². The van der Waals surface area contributed by atoms with Crippen molar-refractivity contribution in [2.75, 3.05) is 6.61 Å². The van der Waals surface area contributed by atoms with E-state index in [0.717, 1.165) is 12.0 Å². The van der Waals surface area contributed by atoms with E-state index in [-0.39, 0.29) is 17.8 Å². The summed E-state index contributed by atoms with van der Waals surface area (Å²) in [5.41, 5.74) is 0.425. The zero-order valence-corrected chi connectivity index (χ0v) is 10.9. The third kappa shape index (κ3) is 2.53. The minimum absolute atomic E-state index is 0.0469. The van der Waals surface area contributed by atoms with Crippen LogP contribution in [0.25, 0.3) is 0 Å². The summed E-state index contributed by atoms with van der Waals surface area (Å²) >= 11 is 0. The molecule has 4 heteroatoms. The summed E-state index contributed by atoms with van der Waals surface area (Å²) in [4.78, 5) is 17.7. The molecule has 1 saturated heterocycles. The van der Waals surface area contributed by atoms with E-state index in [0.29, 0.717) is 6.61 Å². The number of hydrogen-bond acceptors (Lipinski definition) is 2. The van der Waals surface area contributed by atoms with E-state index >= 15 is 0 Å². The summed E-state index contributed by atoms with van der Waals surface area (Å²) in [6.07, 6.45) is 0.744. The summed E-state index contributed by atoms with van der Waals surface area (Å²) in [5.74, 6) is -0.319. The highest BCUT2D eigenvalue weighted by Crippen LogP contribution is 2.33. The number of carbonyl (C=O) groups excluding carboxylic acids is 1. The van der Waals surface area contributed by atoms with Crippen LogP contribution < -0.4 is 0 Å². The van der Waals surface area contributed by atoms with Gasteiger partial charge in [-0.05, 0) is 17.7 Å². The molecule has 0 unspecified atom stereocenters. The van der Waals surface area contributed by atoms with Gasteiger partial charge in [-0.3, -0.25) is 9.63 Å². The normalized spacial score (nSPS) is 20.2. The topological polar surface area (TPSA) is 29.5 Å². The molecule has 0 saturated carbocycles. The molecule has 98 valence electrons. The molecule has 0 radical (unpaired) electrons. The number of carbonyl (C=O) groups is 1. The Bertz CT molecular complexity index is 436. The third-order valence-corrected chi connectivity index (χ3v) is 3.00. The van der Waals surface area contributed by atoms with Gasteiger partial charge in [0.2, 0.25) is 0 Å². The first-order valence-electron chi connectivity index (χ1n) is 6.11. The highest BCUT2D eigenvalue weighted by Gasteiger charge is 2.37. The van der Waals surface area contributed by atoms with Crippen LogP contribution in [0.1, 0.15) is 38.8 Å². The van der Waals surface area contributed by atoms with Crippen molar-refractivity contribution >= 4 is 5.91 Å². The van der Waals surface area contributed by atoms with Crippen molar-refractivity contribution in [3.8, 4) is 0 Å². The fraction of sp³-hybridized carbons (Fsp3) is 0.500. The number of halogens is 1. The molecule has 1 aliphatic heterocycles. The Morgan fingerprint density at radius 3 is 2.50 bits per heavy atom. The van der Waals surface area contributed by atoms with Gasteiger partial charge in [0.15, 0.2) is 0 Å². The van der Waals surface area contributed by atoms with Gasteiger partial charge in [-0.1, -0.05) is 32.9 Å². The number of hydroxylamine groups is 2. The number of benzene rings is 1. The summed E-state index contributed by atoms with van der Waals surface area (Å²) < 4.78 is 12.9. The van der Waals surface area contributed by atoms with Crippen molar-refractivity contribution in [3.05, 3.63) is 35.6 Å². The van der Waals surface area contributed by atoms with Crippen LogP contribution in [0, 0.1) is 11.2 Å². The fourth-order valence-electron chi connectivity index (χ4n) is 1.99. The van der Waals surface area contributed by atoms with Crippen LogP contribution in [-0.2, 0) is 9.63 Å². The Kier molecular flexibility index (Phi) is 3.39. The summed E-state index contributed by atoms with van der Waals surface area (Å²) in [6.45, 7) is 6.10. The standard InChI is InChI=1S/C14H18FNO2/c1-14(2,3)13(17)16-12(8-9-18-16)10-4-6-11(15)7-5-10/h4-7,12H,8-9H2,1-3H3/t12-/m0/s1. The highest BCUT2D eigenvalue weighted by atomic mass is 19.1. The predicted molar refractivity (Wildman–Crippen MR) is 66.0 cm³/mol. The molecule has 0 aliphatic carbocycles. The van der Waals surface area contributed by atoms with Gasteiger partial charge in [0.25, 0.3) is 5.91 Å².